The van der Waals surface area contributed by atoms with Crippen molar-refractivity contribution in [1.29, 1.82) is 0 Å². The zero-order valence-electron chi connectivity index (χ0n) is 11.2. The molecule has 0 spiro atoms. The summed E-state index contributed by atoms with van der Waals surface area (Å²) in [5.74, 6) is 0.178. The first-order valence-corrected chi connectivity index (χ1v) is 8.60. The Morgan fingerprint density at radius 1 is 1.17 bits per heavy atom. The molecule has 105 valence electrons. The lowest BCUT2D eigenvalue weighted by molar-refractivity contribution is 0.425. The van der Waals surface area contributed by atoms with E-state index in [0.717, 1.165) is 19.3 Å². The Bertz CT molecular complexity index is 340. The number of sulfonamides is 1. The van der Waals surface area contributed by atoms with Crippen molar-refractivity contribution in [3.63, 3.8) is 0 Å². The maximum Gasteiger partial charge on any atom is 0.218 e. The highest BCUT2D eigenvalue weighted by atomic mass is 32.2. The van der Waals surface area contributed by atoms with Crippen LogP contribution in [0.5, 0.6) is 0 Å². The molecule has 0 aliphatic carbocycles. The Morgan fingerprint density at radius 3 is 2.50 bits per heavy atom. The predicted octanol–water partition coefficient (Wildman–Crippen LogP) is 2.25. The highest BCUT2D eigenvalue weighted by Gasteiger charge is 2.33. The molecule has 18 heavy (non-hydrogen) atoms. The molecule has 1 fully saturated rings. The molecule has 0 amide bonds. The van der Waals surface area contributed by atoms with E-state index in [1.807, 2.05) is 6.29 Å². The van der Waals surface area contributed by atoms with Gasteiger partial charge in [-0.15, -0.1) is 0 Å². The zero-order chi connectivity index (χ0) is 13.4. The second-order valence-corrected chi connectivity index (χ2v) is 7.01. The van der Waals surface area contributed by atoms with Gasteiger partial charge >= 0.3 is 0 Å². The minimum atomic E-state index is -3.24. The van der Waals surface area contributed by atoms with Crippen LogP contribution < -0.4 is 0 Å². The molecule has 0 saturated carbocycles. The molecule has 1 atom stereocenters. The van der Waals surface area contributed by atoms with Crippen LogP contribution in [-0.4, -0.2) is 37.3 Å². The fraction of sp³-hybridized carbons (Fsp3) is 0.923. The summed E-state index contributed by atoms with van der Waals surface area (Å²) in [4.78, 5) is 10.7. The quantitative estimate of drug-likeness (QED) is 0.606. The number of carbonyl (C=O) groups excluding carboxylic acids is 1. The third-order valence-electron chi connectivity index (χ3n) is 3.45. The van der Waals surface area contributed by atoms with Gasteiger partial charge in [-0.05, 0) is 19.3 Å². The Kier molecular flexibility index (Phi) is 6.86. The molecule has 0 unspecified atom stereocenters. The zero-order valence-corrected chi connectivity index (χ0v) is 12.0. The van der Waals surface area contributed by atoms with Gasteiger partial charge in [-0.1, -0.05) is 39.0 Å². The van der Waals surface area contributed by atoms with Crippen molar-refractivity contribution in [3.05, 3.63) is 0 Å². The highest BCUT2D eigenvalue weighted by Crippen LogP contribution is 2.20. The van der Waals surface area contributed by atoms with Crippen LogP contribution in [0.25, 0.3) is 0 Å². The monoisotopic (exact) mass is 274 g/mol. The lowest BCUT2D eigenvalue weighted by Gasteiger charge is -2.19. The van der Waals surface area contributed by atoms with Crippen molar-refractivity contribution in [2.75, 3.05) is 12.3 Å². The number of nitrogens with zero attached hydrogens (tertiary/aromatic N) is 1. The summed E-state index contributed by atoms with van der Waals surface area (Å²) in [6, 6.07) is -0.532. The average Bonchev–Trinajstić information content (AvgIpc) is 2.82. The van der Waals surface area contributed by atoms with E-state index in [9.17, 15) is 13.2 Å². The molecule has 0 N–H and O–H groups in total. The summed E-state index contributed by atoms with van der Waals surface area (Å²) in [5, 5.41) is 0. The van der Waals surface area contributed by atoms with Gasteiger partial charge in [-0.2, -0.15) is 4.31 Å². The predicted molar refractivity (Wildman–Crippen MR) is 72.6 cm³/mol. The molecular formula is C13H24NO3S. The first-order valence-electron chi connectivity index (χ1n) is 6.99. The van der Waals surface area contributed by atoms with Crippen molar-refractivity contribution >= 4 is 16.3 Å². The van der Waals surface area contributed by atoms with Crippen LogP contribution >= 0.6 is 0 Å². The van der Waals surface area contributed by atoms with Crippen LogP contribution in [0.1, 0.15) is 58.3 Å². The van der Waals surface area contributed by atoms with Crippen molar-refractivity contribution in [2.45, 2.75) is 64.3 Å². The molecule has 1 rings (SSSR count). The number of hydrogen-bond acceptors (Lipinski definition) is 3. The Labute approximate surface area is 111 Å². The molecule has 0 bridgehead atoms. The minimum Gasteiger partial charge on any atom is -0.289 e. The van der Waals surface area contributed by atoms with Crippen molar-refractivity contribution < 1.29 is 13.2 Å². The highest BCUT2D eigenvalue weighted by molar-refractivity contribution is 7.89. The van der Waals surface area contributed by atoms with Crippen molar-refractivity contribution in [3.8, 4) is 0 Å². The van der Waals surface area contributed by atoms with Gasteiger partial charge in [0.2, 0.25) is 16.3 Å². The Morgan fingerprint density at radius 2 is 1.83 bits per heavy atom. The molecule has 1 aliphatic heterocycles. The van der Waals surface area contributed by atoms with Crippen LogP contribution in [0.2, 0.25) is 0 Å². The van der Waals surface area contributed by atoms with E-state index in [2.05, 4.69) is 6.92 Å². The standard InChI is InChI=1S/C13H24NO3S/c1-2-3-4-5-6-7-11-18(16,17)14-10-8-9-13(14)12-15/h13H,2-11H2,1H3/t13-/m0/s1. The summed E-state index contributed by atoms with van der Waals surface area (Å²) in [6.07, 6.45) is 9.61. The number of unbranched alkanes of at least 4 members (excludes halogenated alkanes) is 5. The smallest absolute Gasteiger partial charge is 0.218 e. The van der Waals surface area contributed by atoms with Gasteiger partial charge in [0.25, 0.3) is 0 Å². The van der Waals surface area contributed by atoms with Crippen molar-refractivity contribution in [2.24, 2.45) is 0 Å². The van der Waals surface area contributed by atoms with Crippen LogP contribution in [-0.2, 0) is 14.8 Å². The lowest BCUT2D eigenvalue weighted by atomic mass is 10.1. The van der Waals surface area contributed by atoms with Gasteiger partial charge in [0.05, 0.1) is 11.8 Å². The van der Waals surface area contributed by atoms with Crippen LogP contribution in [0.3, 0.4) is 0 Å². The molecular weight excluding hydrogens is 250 g/mol. The number of rotatable bonds is 9. The molecule has 0 aromatic heterocycles. The van der Waals surface area contributed by atoms with Crippen LogP contribution in [0.4, 0.5) is 0 Å². The summed E-state index contributed by atoms with van der Waals surface area (Å²) in [5.41, 5.74) is 0. The average molecular weight is 274 g/mol. The van der Waals surface area contributed by atoms with Crippen molar-refractivity contribution in [1.82, 2.24) is 4.31 Å². The van der Waals surface area contributed by atoms with Gasteiger partial charge in [0.1, 0.15) is 0 Å². The molecule has 4 nitrogen and oxygen atoms in total. The largest absolute Gasteiger partial charge is 0.289 e. The van der Waals surface area contributed by atoms with Gasteiger partial charge in [0.15, 0.2) is 0 Å². The van der Waals surface area contributed by atoms with Crippen LogP contribution in [0, 0.1) is 0 Å². The minimum absolute atomic E-state index is 0.178. The summed E-state index contributed by atoms with van der Waals surface area (Å²) in [7, 11) is -3.24. The van der Waals surface area contributed by atoms with E-state index in [4.69, 9.17) is 0 Å². The van der Waals surface area contributed by atoms with Gasteiger partial charge in [-0.3, -0.25) is 4.79 Å². The number of hydrogen-bond donors (Lipinski definition) is 0. The lowest BCUT2D eigenvalue weighted by Crippen LogP contribution is -2.37. The Hall–Kier alpha value is -0.420. The molecule has 1 heterocycles. The van der Waals surface area contributed by atoms with E-state index in [-0.39, 0.29) is 5.75 Å². The summed E-state index contributed by atoms with van der Waals surface area (Å²) < 4.78 is 25.4. The SMILES string of the molecule is CCCCCCCCS(=O)(=O)N1CCC[C@H]1[C]=O. The Balaban J connectivity index is 2.29. The van der Waals surface area contributed by atoms with E-state index < -0.39 is 16.1 Å². The van der Waals surface area contributed by atoms with E-state index >= 15 is 0 Å². The second kappa shape index (κ2) is 7.89. The first kappa shape index (κ1) is 15.6. The maximum atomic E-state index is 12.0. The van der Waals surface area contributed by atoms with E-state index in [1.165, 1.54) is 23.6 Å². The topological polar surface area (TPSA) is 54.5 Å². The fourth-order valence-electron chi connectivity index (χ4n) is 2.37. The summed E-state index contributed by atoms with van der Waals surface area (Å²) >= 11 is 0. The molecule has 5 heteroatoms. The second-order valence-electron chi connectivity index (χ2n) is 4.97. The van der Waals surface area contributed by atoms with Gasteiger partial charge in [-0.25, -0.2) is 8.42 Å². The summed E-state index contributed by atoms with van der Waals surface area (Å²) in [6.45, 7) is 2.64. The van der Waals surface area contributed by atoms with Gasteiger partial charge < -0.3 is 0 Å². The first-order chi connectivity index (χ1) is 8.61. The molecule has 1 saturated heterocycles. The maximum absolute atomic E-state index is 12.0. The molecule has 1 radical (unpaired) electrons. The fourth-order valence-corrected chi connectivity index (χ4v) is 4.12. The molecule has 1 aliphatic rings. The third-order valence-corrected chi connectivity index (χ3v) is 5.41. The van der Waals surface area contributed by atoms with E-state index in [1.54, 1.807) is 0 Å². The van der Waals surface area contributed by atoms with E-state index in [0.29, 0.717) is 19.4 Å². The molecule has 0 aromatic rings. The molecule has 0 aromatic carbocycles. The third kappa shape index (κ3) is 4.69. The normalized spacial score (nSPS) is 21.3. The van der Waals surface area contributed by atoms with Gasteiger partial charge in [0, 0.05) is 6.54 Å². The van der Waals surface area contributed by atoms with Crippen LogP contribution in [0.15, 0.2) is 0 Å².